The van der Waals surface area contributed by atoms with E-state index < -0.39 is 21.8 Å². The molecule has 0 aliphatic heterocycles. The van der Waals surface area contributed by atoms with Crippen LogP contribution in [-0.2, 0) is 25.8 Å². The van der Waals surface area contributed by atoms with Crippen LogP contribution in [0.2, 0.25) is 0 Å². The molecule has 0 saturated heterocycles. The fraction of sp³-hybridized carbons (Fsp3) is 0.118. The number of hydrogen-bond donors (Lipinski definition) is 1. The van der Waals surface area contributed by atoms with Crippen LogP contribution in [0.5, 0.6) is 0 Å². The number of amides is 1. The van der Waals surface area contributed by atoms with Crippen LogP contribution in [0.1, 0.15) is 15.9 Å². The van der Waals surface area contributed by atoms with Crippen molar-refractivity contribution in [1.29, 1.82) is 0 Å². The van der Waals surface area contributed by atoms with E-state index in [0.29, 0.717) is 5.56 Å². The molecule has 126 valence electrons. The summed E-state index contributed by atoms with van der Waals surface area (Å²) >= 11 is 0. The van der Waals surface area contributed by atoms with E-state index in [0.717, 1.165) is 5.56 Å². The topological polar surface area (TPSA) is 81.7 Å². The van der Waals surface area contributed by atoms with Gasteiger partial charge in [0.05, 0.1) is 22.4 Å². The number of rotatable bonds is 5. The minimum Gasteiger partial charge on any atom is -0.465 e. The molecule has 0 radical (unpaired) electrons. The predicted octanol–water partition coefficient (Wildman–Crippen LogP) is 2.39. The third kappa shape index (κ3) is 4.60. The zero-order chi connectivity index (χ0) is 17.6. The Morgan fingerprint density at radius 3 is 2.29 bits per heavy atom. The molecular weight excluding hydrogens is 330 g/mol. The van der Waals surface area contributed by atoms with Crippen LogP contribution in [0.25, 0.3) is 0 Å². The van der Waals surface area contributed by atoms with Gasteiger partial charge in [0.15, 0.2) is 0 Å². The molecule has 0 aromatic heterocycles. The first kappa shape index (κ1) is 17.6. The highest BCUT2D eigenvalue weighted by molar-refractivity contribution is 7.99. The van der Waals surface area contributed by atoms with E-state index in [-0.39, 0.29) is 11.5 Å². The molecule has 6 nitrogen and oxygen atoms in total. The summed E-state index contributed by atoms with van der Waals surface area (Å²) in [5.41, 5.74) is 1.12. The molecule has 0 saturated carbocycles. The van der Waals surface area contributed by atoms with Gasteiger partial charge in [0, 0.05) is 4.90 Å². The second kappa shape index (κ2) is 7.65. The summed E-state index contributed by atoms with van der Waals surface area (Å²) in [5.74, 6) is 3.02. The van der Waals surface area contributed by atoms with Crippen molar-refractivity contribution < 1.29 is 23.3 Å². The first-order valence-electron chi connectivity index (χ1n) is 6.96. The van der Waals surface area contributed by atoms with Gasteiger partial charge in [-0.2, -0.15) is 0 Å². The highest BCUT2D eigenvalue weighted by Gasteiger charge is 2.14. The minimum atomic E-state index is -3.09. The van der Waals surface area contributed by atoms with Crippen molar-refractivity contribution in [2.75, 3.05) is 7.11 Å². The Hall–Kier alpha value is -2.80. The van der Waals surface area contributed by atoms with Crippen LogP contribution in [-0.4, -0.2) is 29.3 Å². The van der Waals surface area contributed by atoms with E-state index in [4.69, 9.17) is 4.74 Å². The molecular formula is C17H17NO5S. The highest BCUT2D eigenvalue weighted by Crippen LogP contribution is 2.12. The van der Waals surface area contributed by atoms with Gasteiger partial charge in [-0.25, -0.2) is 18.5 Å². The van der Waals surface area contributed by atoms with Crippen molar-refractivity contribution in [3.8, 4) is 0 Å². The van der Waals surface area contributed by atoms with Crippen LogP contribution in [0.4, 0.5) is 4.79 Å². The molecule has 0 fully saturated rings. The molecule has 0 aliphatic carbocycles. The lowest BCUT2D eigenvalue weighted by Crippen LogP contribution is -2.30. The van der Waals surface area contributed by atoms with Crippen LogP contribution in [0.3, 0.4) is 0 Å². The molecule has 24 heavy (non-hydrogen) atoms. The van der Waals surface area contributed by atoms with Crippen LogP contribution >= 0.6 is 0 Å². The molecule has 1 N–H and O–H groups in total. The van der Waals surface area contributed by atoms with Crippen molar-refractivity contribution in [1.82, 2.24) is 4.72 Å². The second-order valence-electron chi connectivity index (χ2n) is 4.86. The normalized spacial score (nSPS) is 12.7. The molecule has 2 aromatic carbocycles. The summed E-state index contributed by atoms with van der Waals surface area (Å²) < 4.78 is 24.4. The van der Waals surface area contributed by atoms with Crippen molar-refractivity contribution in [3.05, 3.63) is 65.7 Å². The molecule has 2 aromatic rings. The molecule has 0 heterocycles. The highest BCUT2D eigenvalue weighted by atomic mass is 32.2. The largest absolute Gasteiger partial charge is 0.465 e. The van der Waals surface area contributed by atoms with Crippen molar-refractivity contribution in [2.24, 2.45) is 0 Å². The van der Waals surface area contributed by atoms with Crippen LogP contribution in [0.15, 0.2) is 59.5 Å². The molecule has 0 aliphatic rings. The van der Waals surface area contributed by atoms with Gasteiger partial charge in [-0.05, 0) is 35.7 Å². The quantitative estimate of drug-likeness (QED) is 0.663. The average Bonchev–Trinajstić information content (AvgIpc) is 2.60. The fourth-order valence-corrected chi connectivity index (χ4v) is 2.90. The van der Waals surface area contributed by atoms with Gasteiger partial charge < -0.3 is 9.47 Å². The predicted molar refractivity (Wildman–Crippen MR) is 91.1 cm³/mol. The Bertz CT molecular complexity index is 814. The van der Waals surface area contributed by atoms with Crippen molar-refractivity contribution in [3.63, 3.8) is 0 Å². The monoisotopic (exact) mass is 347 g/mol. The maximum atomic E-state index is 12.5. The number of benzene rings is 2. The van der Waals surface area contributed by atoms with Gasteiger partial charge in [0.25, 0.3) is 0 Å². The summed E-state index contributed by atoms with van der Waals surface area (Å²) in [6.45, 7) is 0.0590. The Kier molecular flexibility index (Phi) is 5.59. The number of carbonyl (C=O) groups is 2. The minimum absolute atomic E-state index is 0.0590. The van der Waals surface area contributed by atoms with Gasteiger partial charge in [0.1, 0.15) is 6.61 Å². The summed E-state index contributed by atoms with van der Waals surface area (Å²) in [5, 5.41) is 0. The molecule has 7 heteroatoms. The lowest BCUT2D eigenvalue weighted by molar-refractivity contribution is 0.0600. The summed E-state index contributed by atoms with van der Waals surface area (Å²) in [7, 11) is -1.82. The number of hydrogen-bond acceptors (Lipinski definition) is 5. The average molecular weight is 347 g/mol. The first-order valence-corrected chi connectivity index (χ1v) is 8.69. The van der Waals surface area contributed by atoms with Gasteiger partial charge in [-0.3, -0.25) is 0 Å². The second-order valence-corrected chi connectivity index (χ2v) is 6.88. The zero-order valence-electron chi connectivity index (χ0n) is 13.1. The lowest BCUT2D eigenvalue weighted by atomic mass is 10.2. The molecule has 1 atom stereocenters. The van der Waals surface area contributed by atoms with Crippen LogP contribution < -0.4 is 4.72 Å². The number of carbonyl (C=O) groups excluding carboxylic acids is 2. The molecule has 0 spiro atoms. The van der Waals surface area contributed by atoms with Crippen molar-refractivity contribution >= 4 is 27.6 Å². The van der Waals surface area contributed by atoms with Gasteiger partial charge in [0.2, 0.25) is 0 Å². The number of esters is 1. The summed E-state index contributed by atoms with van der Waals surface area (Å²) in [4.78, 5) is 23.4. The third-order valence-electron chi connectivity index (χ3n) is 3.12. The Labute approximate surface area is 140 Å². The van der Waals surface area contributed by atoms with E-state index in [9.17, 15) is 13.8 Å². The maximum Gasteiger partial charge on any atom is 0.419 e. The number of ether oxygens (including phenoxy) is 2. The fourth-order valence-electron chi connectivity index (χ4n) is 1.87. The smallest absolute Gasteiger partial charge is 0.419 e. The molecule has 1 unspecified atom stereocenters. The number of nitrogens with one attached hydrogen (secondary N) is 1. The van der Waals surface area contributed by atoms with Gasteiger partial charge >= 0.3 is 12.1 Å². The Morgan fingerprint density at radius 2 is 1.71 bits per heavy atom. The van der Waals surface area contributed by atoms with Gasteiger partial charge in [-0.15, -0.1) is 0 Å². The summed E-state index contributed by atoms with van der Waals surface area (Å²) in [6, 6.07) is 14.9. The Balaban J connectivity index is 1.99. The van der Waals surface area contributed by atoms with Crippen molar-refractivity contribution in [2.45, 2.75) is 11.5 Å². The summed E-state index contributed by atoms with van der Waals surface area (Å²) in [6.07, 6.45) is -0.837. The third-order valence-corrected chi connectivity index (χ3v) is 4.65. The van der Waals surface area contributed by atoms with E-state index in [1.807, 2.05) is 18.2 Å². The molecule has 0 bridgehead atoms. The van der Waals surface area contributed by atoms with Crippen LogP contribution in [0, 0.1) is 0 Å². The molecule has 1 amide bonds. The van der Waals surface area contributed by atoms with E-state index in [1.54, 1.807) is 12.1 Å². The molecule has 2 rings (SSSR count). The number of methoxy groups -OCH3 is 1. The SMILES string of the molecule is C=S(=O)(NC(=O)OCc1ccccc1)c1ccc(C(=O)OC)cc1. The van der Waals surface area contributed by atoms with Gasteiger partial charge in [-0.1, -0.05) is 30.3 Å². The Morgan fingerprint density at radius 1 is 1.08 bits per heavy atom. The lowest BCUT2D eigenvalue weighted by Gasteiger charge is -2.12. The maximum absolute atomic E-state index is 12.5. The van der Waals surface area contributed by atoms with E-state index >= 15 is 0 Å². The first-order chi connectivity index (χ1) is 11.4. The standard InChI is InChI=1S/C17H17NO5S/c1-22-16(19)14-8-10-15(11-9-14)24(2,21)18-17(20)23-12-13-6-4-3-5-7-13/h3-11H,2,12H2,1H3,(H,18,20,21). The van der Waals surface area contributed by atoms with E-state index in [2.05, 4.69) is 15.3 Å². The zero-order valence-corrected chi connectivity index (χ0v) is 13.9. The van der Waals surface area contributed by atoms with E-state index in [1.165, 1.54) is 31.4 Å².